The number of Topliss-reactive ketones (excluding diaryl/α,β-unsaturated/α-hetero) is 1. The second kappa shape index (κ2) is 10.3. The molecule has 5 nitrogen and oxygen atoms in total. The van der Waals surface area contributed by atoms with Crippen molar-refractivity contribution < 1.29 is 23.9 Å². The summed E-state index contributed by atoms with van der Waals surface area (Å²) >= 11 is 0. The molecule has 0 spiro atoms. The normalized spacial score (nSPS) is 11.6. The van der Waals surface area contributed by atoms with Crippen LogP contribution in [-0.4, -0.2) is 24.3 Å². The molecule has 3 aromatic carbocycles. The van der Waals surface area contributed by atoms with Gasteiger partial charge in [0.1, 0.15) is 5.75 Å². The maximum Gasteiger partial charge on any atom is 0.343 e. The van der Waals surface area contributed by atoms with Gasteiger partial charge < -0.3 is 9.47 Å². The van der Waals surface area contributed by atoms with Crippen molar-refractivity contribution in [2.75, 3.05) is 6.61 Å². The number of esters is 2. The quantitative estimate of drug-likeness (QED) is 0.231. The fourth-order valence-corrected chi connectivity index (χ4v) is 3.41. The van der Waals surface area contributed by atoms with Crippen molar-refractivity contribution in [1.82, 2.24) is 0 Å². The number of rotatable bonds is 6. The highest BCUT2D eigenvalue weighted by Gasteiger charge is 2.18. The Balaban J connectivity index is 1.60. The van der Waals surface area contributed by atoms with Gasteiger partial charge in [-0.25, -0.2) is 9.59 Å². The molecule has 0 heterocycles. The molecular formula is C30H32O5. The number of hydrogen-bond acceptors (Lipinski definition) is 5. The van der Waals surface area contributed by atoms with Crippen LogP contribution in [0.3, 0.4) is 0 Å². The van der Waals surface area contributed by atoms with Crippen molar-refractivity contribution in [2.45, 2.75) is 52.4 Å². The van der Waals surface area contributed by atoms with Gasteiger partial charge in [-0.15, -0.1) is 0 Å². The average molecular weight is 473 g/mol. The molecule has 3 rings (SSSR count). The van der Waals surface area contributed by atoms with E-state index < -0.39 is 24.3 Å². The third-order valence-electron chi connectivity index (χ3n) is 5.67. The summed E-state index contributed by atoms with van der Waals surface area (Å²) in [4.78, 5) is 37.5. The maximum absolute atomic E-state index is 12.6. The number of carbonyl (C=O) groups excluding carboxylic acids is 3. The van der Waals surface area contributed by atoms with E-state index in [9.17, 15) is 14.4 Å². The topological polar surface area (TPSA) is 69.7 Å². The standard InChI is InChI=1S/C30H32O5/c1-29(2,3)23-14-10-20(11-15-23)27(32)34-19-26(31)22-8-7-9-25(18-22)35-28(33)21-12-16-24(17-13-21)30(4,5)6/h7-18H,19H2,1-6H3. The Bertz CT molecular complexity index is 1210. The summed E-state index contributed by atoms with van der Waals surface area (Å²) in [5.41, 5.74) is 3.25. The Kier molecular flexibility index (Phi) is 7.59. The van der Waals surface area contributed by atoms with Gasteiger partial charge >= 0.3 is 11.9 Å². The van der Waals surface area contributed by atoms with Crippen LogP contribution in [0.1, 0.15) is 83.7 Å². The molecule has 0 aliphatic rings. The summed E-state index contributed by atoms with van der Waals surface area (Å²) < 4.78 is 10.7. The van der Waals surface area contributed by atoms with E-state index in [1.807, 2.05) is 24.3 Å². The molecule has 0 fully saturated rings. The van der Waals surface area contributed by atoms with Gasteiger partial charge in [-0.3, -0.25) is 4.79 Å². The molecule has 0 radical (unpaired) electrons. The lowest BCUT2D eigenvalue weighted by molar-refractivity contribution is 0.0474. The van der Waals surface area contributed by atoms with E-state index in [1.165, 1.54) is 6.07 Å². The highest BCUT2D eigenvalue weighted by molar-refractivity contribution is 6.00. The zero-order valence-corrected chi connectivity index (χ0v) is 21.2. The predicted octanol–water partition coefficient (Wildman–Crippen LogP) is 6.54. The largest absolute Gasteiger partial charge is 0.454 e. The minimum atomic E-state index is -0.569. The van der Waals surface area contributed by atoms with Crippen LogP contribution in [0.5, 0.6) is 5.75 Å². The summed E-state index contributed by atoms with van der Waals surface area (Å²) in [5.74, 6) is -1.23. The number of ketones is 1. The number of hydrogen-bond donors (Lipinski definition) is 0. The van der Waals surface area contributed by atoms with E-state index in [2.05, 4.69) is 41.5 Å². The van der Waals surface area contributed by atoms with Gasteiger partial charge in [0.25, 0.3) is 0 Å². The van der Waals surface area contributed by atoms with Crippen LogP contribution in [0.4, 0.5) is 0 Å². The SMILES string of the molecule is CC(C)(C)c1ccc(C(=O)OCC(=O)c2cccc(OC(=O)c3ccc(C(C)(C)C)cc3)c2)cc1. The van der Waals surface area contributed by atoms with Crippen molar-refractivity contribution in [2.24, 2.45) is 0 Å². The molecule has 35 heavy (non-hydrogen) atoms. The van der Waals surface area contributed by atoms with E-state index in [4.69, 9.17) is 9.47 Å². The molecule has 0 aliphatic carbocycles. The Morgan fingerprint density at radius 3 is 1.60 bits per heavy atom. The summed E-state index contributed by atoms with van der Waals surface area (Å²) in [7, 11) is 0. The molecule has 0 saturated heterocycles. The van der Waals surface area contributed by atoms with Crippen molar-refractivity contribution in [3.8, 4) is 5.75 Å². The third-order valence-corrected chi connectivity index (χ3v) is 5.67. The van der Waals surface area contributed by atoms with Crippen LogP contribution in [0.2, 0.25) is 0 Å². The second-order valence-electron chi connectivity index (χ2n) is 10.6. The van der Waals surface area contributed by atoms with E-state index in [0.29, 0.717) is 11.1 Å². The molecule has 0 N–H and O–H groups in total. The first-order chi connectivity index (χ1) is 16.3. The van der Waals surface area contributed by atoms with Gasteiger partial charge in [0.05, 0.1) is 11.1 Å². The summed E-state index contributed by atoms with van der Waals surface area (Å²) in [6.07, 6.45) is 0. The molecule has 0 aromatic heterocycles. The van der Waals surface area contributed by atoms with Gasteiger partial charge in [0, 0.05) is 5.56 Å². The van der Waals surface area contributed by atoms with E-state index in [0.717, 1.165) is 11.1 Å². The molecule has 3 aromatic rings. The molecule has 0 amide bonds. The van der Waals surface area contributed by atoms with Gasteiger partial charge in [-0.1, -0.05) is 77.9 Å². The van der Waals surface area contributed by atoms with E-state index >= 15 is 0 Å². The van der Waals surface area contributed by atoms with Crippen molar-refractivity contribution >= 4 is 17.7 Å². The van der Waals surface area contributed by atoms with Crippen LogP contribution in [-0.2, 0) is 15.6 Å². The Morgan fingerprint density at radius 1 is 0.629 bits per heavy atom. The Hall–Kier alpha value is -3.73. The van der Waals surface area contributed by atoms with Crippen molar-refractivity contribution in [3.05, 3.63) is 101 Å². The number of ether oxygens (including phenoxy) is 2. The predicted molar refractivity (Wildman–Crippen MR) is 136 cm³/mol. The van der Waals surface area contributed by atoms with Crippen LogP contribution < -0.4 is 4.74 Å². The minimum absolute atomic E-state index is 0.0174. The first kappa shape index (κ1) is 25.9. The fourth-order valence-electron chi connectivity index (χ4n) is 3.41. The number of carbonyl (C=O) groups is 3. The summed E-state index contributed by atoms with van der Waals surface area (Å²) in [6.45, 7) is 12.2. The molecule has 0 aliphatic heterocycles. The lowest BCUT2D eigenvalue weighted by Crippen LogP contribution is -2.16. The Morgan fingerprint density at radius 2 is 1.11 bits per heavy atom. The highest BCUT2D eigenvalue weighted by atomic mass is 16.5. The zero-order valence-electron chi connectivity index (χ0n) is 21.2. The zero-order chi connectivity index (χ0) is 25.8. The third kappa shape index (κ3) is 6.89. The van der Waals surface area contributed by atoms with Crippen LogP contribution >= 0.6 is 0 Å². The first-order valence-corrected chi connectivity index (χ1v) is 11.6. The van der Waals surface area contributed by atoms with Crippen molar-refractivity contribution in [3.63, 3.8) is 0 Å². The monoisotopic (exact) mass is 472 g/mol. The highest BCUT2D eigenvalue weighted by Crippen LogP contribution is 2.24. The molecule has 0 unspecified atom stereocenters. The average Bonchev–Trinajstić information content (AvgIpc) is 2.81. The molecule has 0 saturated carbocycles. The molecule has 0 bridgehead atoms. The van der Waals surface area contributed by atoms with Gasteiger partial charge in [-0.2, -0.15) is 0 Å². The van der Waals surface area contributed by atoms with Gasteiger partial charge in [-0.05, 0) is 58.4 Å². The molecule has 5 heteroatoms. The fraction of sp³-hybridized carbons (Fsp3) is 0.300. The second-order valence-corrected chi connectivity index (χ2v) is 10.6. The van der Waals surface area contributed by atoms with Gasteiger partial charge in [0.2, 0.25) is 0 Å². The first-order valence-electron chi connectivity index (χ1n) is 11.6. The molecular weight excluding hydrogens is 440 g/mol. The Labute approximate surface area is 207 Å². The molecule has 0 atom stereocenters. The van der Waals surface area contributed by atoms with Gasteiger partial charge in [0.15, 0.2) is 12.4 Å². The smallest absolute Gasteiger partial charge is 0.343 e. The van der Waals surface area contributed by atoms with Crippen LogP contribution in [0.25, 0.3) is 0 Å². The van der Waals surface area contributed by atoms with Crippen LogP contribution in [0.15, 0.2) is 72.8 Å². The van der Waals surface area contributed by atoms with Crippen LogP contribution in [0, 0.1) is 0 Å². The maximum atomic E-state index is 12.6. The molecule has 182 valence electrons. The lowest BCUT2D eigenvalue weighted by Gasteiger charge is -2.19. The minimum Gasteiger partial charge on any atom is -0.454 e. The summed E-state index contributed by atoms with van der Waals surface area (Å²) in [5, 5.41) is 0. The number of benzene rings is 3. The van der Waals surface area contributed by atoms with E-state index in [-0.39, 0.29) is 22.1 Å². The lowest BCUT2D eigenvalue weighted by atomic mass is 9.87. The van der Waals surface area contributed by atoms with E-state index in [1.54, 1.807) is 42.5 Å². The summed E-state index contributed by atoms with van der Waals surface area (Å²) in [6, 6.07) is 20.7. The van der Waals surface area contributed by atoms with Crippen molar-refractivity contribution in [1.29, 1.82) is 0 Å².